The molecular formula is C24H29F2N4O2P. The minimum atomic E-state index is -3.15. The molecule has 1 aromatic heterocycles. The number of hydrogen-bond donors (Lipinski definition) is 1. The zero-order valence-corrected chi connectivity index (χ0v) is 19.6. The maximum atomic E-state index is 14.5. The number of hydrogen-bond acceptors (Lipinski definition) is 4. The van der Waals surface area contributed by atoms with Crippen LogP contribution in [-0.4, -0.2) is 49.4 Å². The molecule has 5 rings (SSSR count). The number of aromatic nitrogens is 1. The molecule has 0 radical (unpaired) electrons. The second-order valence-electron chi connectivity index (χ2n) is 9.27. The van der Waals surface area contributed by atoms with E-state index in [1.54, 1.807) is 20.3 Å². The minimum Gasteiger partial charge on any atom is -0.378 e. The molecule has 1 aliphatic carbocycles. The SMILES string of the molecule is O=C1NC2(CCC(c3ccccc3)CC2)CN1c1cnc(N2CCOCC2)c(C(F)(F)P)c1. The van der Waals surface area contributed by atoms with E-state index in [1.165, 1.54) is 11.6 Å². The zero-order valence-electron chi connectivity index (χ0n) is 18.5. The number of pyridine rings is 1. The van der Waals surface area contributed by atoms with Crippen LogP contribution in [0.5, 0.6) is 0 Å². The number of nitrogens with one attached hydrogen (secondary N) is 1. The second-order valence-corrected chi connectivity index (χ2v) is 9.99. The molecule has 3 heterocycles. The third-order valence-corrected chi connectivity index (χ3v) is 7.44. The predicted octanol–water partition coefficient (Wildman–Crippen LogP) is 4.47. The Morgan fingerprint density at radius 3 is 2.52 bits per heavy atom. The summed E-state index contributed by atoms with van der Waals surface area (Å²) in [6, 6.07) is 11.6. The van der Waals surface area contributed by atoms with E-state index in [-0.39, 0.29) is 23.0 Å². The number of benzene rings is 1. The number of alkyl halides is 2. The number of nitrogens with zero attached hydrogens (tertiary/aromatic N) is 3. The Morgan fingerprint density at radius 2 is 1.85 bits per heavy atom. The average Bonchev–Trinajstić information content (AvgIpc) is 3.15. The van der Waals surface area contributed by atoms with E-state index in [2.05, 4.69) is 34.6 Å². The lowest BCUT2D eigenvalue weighted by Crippen LogP contribution is -2.46. The molecule has 1 spiro atoms. The molecule has 0 bridgehead atoms. The summed E-state index contributed by atoms with van der Waals surface area (Å²) in [6.45, 7) is 2.44. The van der Waals surface area contributed by atoms with Gasteiger partial charge in [-0.2, -0.15) is 8.78 Å². The normalized spacial score (nSPS) is 26.0. The lowest BCUT2D eigenvalue weighted by atomic mass is 9.74. The van der Waals surface area contributed by atoms with Crippen LogP contribution >= 0.6 is 9.24 Å². The van der Waals surface area contributed by atoms with Crippen LogP contribution in [0.1, 0.15) is 42.7 Å². The number of morpholine rings is 1. The van der Waals surface area contributed by atoms with E-state index in [0.29, 0.717) is 44.5 Å². The second kappa shape index (κ2) is 8.80. The summed E-state index contributed by atoms with van der Waals surface area (Å²) in [5, 5.41) is 3.17. The van der Waals surface area contributed by atoms with Crippen molar-refractivity contribution in [1.82, 2.24) is 10.3 Å². The highest BCUT2D eigenvalue weighted by Gasteiger charge is 2.46. The van der Waals surface area contributed by atoms with Gasteiger partial charge in [0.05, 0.1) is 42.7 Å². The van der Waals surface area contributed by atoms with Crippen LogP contribution in [0.4, 0.5) is 25.1 Å². The smallest absolute Gasteiger partial charge is 0.322 e. The molecule has 1 saturated carbocycles. The molecule has 33 heavy (non-hydrogen) atoms. The van der Waals surface area contributed by atoms with Crippen LogP contribution in [0.25, 0.3) is 0 Å². The van der Waals surface area contributed by atoms with Gasteiger partial charge in [-0.05, 0) is 43.2 Å². The molecule has 1 N–H and O–H groups in total. The maximum absolute atomic E-state index is 14.5. The van der Waals surface area contributed by atoms with Gasteiger partial charge in [0.1, 0.15) is 5.82 Å². The molecule has 1 atom stereocenters. The fourth-order valence-corrected chi connectivity index (χ4v) is 5.51. The highest BCUT2D eigenvalue weighted by Crippen LogP contribution is 2.44. The summed E-state index contributed by atoms with van der Waals surface area (Å²) in [7, 11) is 1.61. The van der Waals surface area contributed by atoms with Gasteiger partial charge in [-0.3, -0.25) is 4.90 Å². The molecule has 2 amide bonds. The van der Waals surface area contributed by atoms with Crippen LogP contribution in [0.3, 0.4) is 0 Å². The molecule has 3 fully saturated rings. The summed E-state index contributed by atoms with van der Waals surface area (Å²) in [5.74, 6) is 0.736. The molecule has 9 heteroatoms. The molecule has 2 saturated heterocycles. The maximum Gasteiger partial charge on any atom is 0.322 e. The van der Waals surface area contributed by atoms with Gasteiger partial charge in [-0.25, -0.2) is 9.78 Å². The molecule has 6 nitrogen and oxygen atoms in total. The van der Waals surface area contributed by atoms with Crippen molar-refractivity contribution in [2.45, 2.75) is 42.8 Å². The van der Waals surface area contributed by atoms with E-state index < -0.39 is 5.66 Å². The van der Waals surface area contributed by atoms with Crippen LogP contribution in [0.2, 0.25) is 0 Å². The molecule has 1 unspecified atom stereocenters. The topological polar surface area (TPSA) is 57.7 Å². The summed E-state index contributed by atoms with van der Waals surface area (Å²) in [6.07, 6.45) is 5.24. The lowest BCUT2D eigenvalue weighted by Gasteiger charge is -2.36. The number of urea groups is 1. The van der Waals surface area contributed by atoms with Gasteiger partial charge in [0.2, 0.25) is 0 Å². The molecular weight excluding hydrogens is 445 g/mol. The van der Waals surface area contributed by atoms with E-state index in [0.717, 1.165) is 25.7 Å². The molecule has 3 aliphatic rings. The highest BCUT2D eigenvalue weighted by atomic mass is 31.0. The Balaban J connectivity index is 1.35. The Kier molecular flexibility index (Phi) is 6.00. The van der Waals surface area contributed by atoms with Crippen molar-refractivity contribution in [3.63, 3.8) is 0 Å². The summed E-state index contributed by atoms with van der Waals surface area (Å²) < 4.78 is 34.4. The van der Waals surface area contributed by atoms with Crippen molar-refractivity contribution in [3.05, 3.63) is 53.7 Å². The minimum absolute atomic E-state index is 0.187. The van der Waals surface area contributed by atoms with Crippen LogP contribution in [0.15, 0.2) is 42.6 Å². The zero-order chi connectivity index (χ0) is 23.1. The van der Waals surface area contributed by atoms with Gasteiger partial charge in [0.15, 0.2) is 0 Å². The quantitative estimate of drug-likeness (QED) is 0.665. The monoisotopic (exact) mass is 474 g/mol. The summed E-state index contributed by atoms with van der Waals surface area (Å²) >= 11 is 0. The van der Waals surface area contributed by atoms with Gasteiger partial charge in [0, 0.05) is 13.1 Å². The van der Waals surface area contributed by atoms with Gasteiger partial charge >= 0.3 is 6.03 Å². The molecule has 2 aromatic rings. The van der Waals surface area contributed by atoms with E-state index in [9.17, 15) is 13.6 Å². The lowest BCUT2D eigenvalue weighted by molar-refractivity contribution is 0.101. The third-order valence-electron chi connectivity index (χ3n) is 7.13. The number of carbonyl (C=O) groups is 1. The summed E-state index contributed by atoms with van der Waals surface area (Å²) in [5.41, 5.74) is -1.92. The Hall–Kier alpha value is -2.31. The first-order valence-electron chi connectivity index (χ1n) is 11.5. The van der Waals surface area contributed by atoms with E-state index >= 15 is 0 Å². The van der Waals surface area contributed by atoms with Crippen molar-refractivity contribution in [2.24, 2.45) is 0 Å². The van der Waals surface area contributed by atoms with Crippen molar-refractivity contribution >= 4 is 26.8 Å². The first kappa shape index (κ1) is 22.5. The molecule has 176 valence electrons. The molecule has 2 aliphatic heterocycles. The fraction of sp³-hybridized carbons (Fsp3) is 0.500. The van der Waals surface area contributed by atoms with Crippen molar-refractivity contribution in [3.8, 4) is 0 Å². The third kappa shape index (κ3) is 4.56. The van der Waals surface area contributed by atoms with E-state index in [4.69, 9.17) is 4.74 Å². The number of anilines is 2. The number of ether oxygens (including phenoxy) is 1. The highest BCUT2D eigenvalue weighted by molar-refractivity contribution is 7.17. The van der Waals surface area contributed by atoms with Gasteiger partial charge < -0.3 is 15.0 Å². The first-order chi connectivity index (χ1) is 15.8. The Morgan fingerprint density at radius 1 is 1.15 bits per heavy atom. The Bertz CT molecular complexity index is 1000. The van der Waals surface area contributed by atoms with Crippen molar-refractivity contribution < 1.29 is 18.3 Å². The van der Waals surface area contributed by atoms with Crippen LogP contribution in [0, 0.1) is 0 Å². The number of rotatable bonds is 4. The summed E-state index contributed by atoms with van der Waals surface area (Å²) in [4.78, 5) is 20.7. The van der Waals surface area contributed by atoms with Crippen LogP contribution < -0.4 is 15.1 Å². The standard InChI is InChI=1S/C24H29F2N4O2P/c25-24(26,33)20-14-19(15-27-21(20)29-10-12-32-13-11-29)30-16-23(28-22(30)31)8-6-18(7-9-23)17-4-2-1-3-5-17/h1-5,14-15,18H,6-13,16,33H2,(H,28,31). The number of carbonyl (C=O) groups excluding carboxylic acids is 1. The van der Waals surface area contributed by atoms with Gasteiger partial charge in [0.25, 0.3) is 5.66 Å². The average molecular weight is 474 g/mol. The largest absolute Gasteiger partial charge is 0.378 e. The van der Waals surface area contributed by atoms with Crippen LogP contribution in [-0.2, 0) is 10.4 Å². The Labute approximate surface area is 194 Å². The molecule has 1 aromatic carbocycles. The van der Waals surface area contributed by atoms with Gasteiger partial charge in [-0.1, -0.05) is 39.6 Å². The van der Waals surface area contributed by atoms with Crippen molar-refractivity contribution in [2.75, 3.05) is 42.6 Å². The number of halogens is 2. The fourth-order valence-electron chi connectivity index (χ4n) is 5.30. The predicted molar refractivity (Wildman–Crippen MR) is 127 cm³/mol. The van der Waals surface area contributed by atoms with Gasteiger partial charge in [-0.15, -0.1) is 0 Å². The number of amides is 2. The first-order valence-corrected chi connectivity index (χ1v) is 12.1. The van der Waals surface area contributed by atoms with E-state index in [1.807, 2.05) is 11.0 Å². The van der Waals surface area contributed by atoms with Crippen molar-refractivity contribution in [1.29, 1.82) is 0 Å².